The van der Waals surface area contributed by atoms with Crippen LogP contribution in [0.5, 0.6) is 0 Å². The topological polar surface area (TPSA) is 0 Å². The monoisotopic (exact) mass is 626 g/mol. The van der Waals surface area contributed by atoms with E-state index >= 15 is 0 Å². The third kappa shape index (κ3) is 9.30. The molecule has 0 spiro atoms. The van der Waals surface area contributed by atoms with Gasteiger partial charge in [0, 0.05) is 20.4 Å². The summed E-state index contributed by atoms with van der Waals surface area (Å²) in [4.78, 5) is 0. The van der Waals surface area contributed by atoms with E-state index in [1.807, 2.05) is 0 Å². The Morgan fingerprint density at radius 2 is 0.486 bits per heavy atom. The van der Waals surface area contributed by atoms with Crippen LogP contribution in [0.2, 0.25) is 0 Å². The molecule has 0 aliphatic heterocycles. The molecule has 0 aliphatic carbocycles. The Labute approximate surface area is 241 Å². The van der Waals surface area contributed by atoms with Gasteiger partial charge in [0.15, 0.2) is 0 Å². The second-order valence-electron chi connectivity index (χ2n) is 17.5. The van der Waals surface area contributed by atoms with Crippen molar-refractivity contribution in [3.05, 3.63) is 0 Å². The van der Waals surface area contributed by atoms with Gasteiger partial charge in [0.1, 0.15) is 0 Å². The first-order chi connectivity index (χ1) is 14.6. The second kappa shape index (κ2) is 13.7. The van der Waals surface area contributed by atoms with Gasteiger partial charge in [-0.3, -0.25) is 0 Å². The van der Waals surface area contributed by atoms with Gasteiger partial charge in [-0.25, -0.2) is 0 Å². The van der Waals surface area contributed by atoms with E-state index in [2.05, 4.69) is 138 Å². The average molecular weight is 627 g/mol. The summed E-state index contributed by atoms with van der Waals surface area (Å²) in [5.41, 5.74) is 0. The predicted octanol–water partition coefficient (Wildman–Crippen LogP) is 11.9. The first-order valence-electron chi connectivity index (χ1n) is 14.6. The summed E-state index contributed by atoms with van der Waals surface area (Å²) in [5, 5.41) is 2.83. The van der Waals surface area contributed by atoms with Crippen LogP contribution in [0.1, 0.15) is 164 Å². The molecule has 0 saturated carbocycles. The van der Waals surface area contributed by atoms with E-state index < -0.39 is 14.5 Å². The molecule has 0 aromatic heterocycles. The SMILES string of the molecule is CCCC[PH](C(C)(C)C)(C(C)(C)C)C(C)(C)C.CCCC[PH](C(C)(C)C)(C(C)(C)C)C(C)(C)C.[Pd]. The minimum absolute atomic E-state index is 0. The van der Waals surface area contributed by atoms with Crippen LogP contribution in [0.25, 0.3) is 0 Å². The number of rotatable bonds is 6. The van der Waals surface area contributed by atoms with Crippen molar-refractivity contribution in [2.24, 2.45) is 0 Å². The van der Waals surface area contributed by atoms with Crippen molar-refractivity contribution in [2.75, 3.05) is 12.3 Å². The molecule has 35 heavy (non-hydrogen) atoms. The minimum Gasteiger partial charge on any atom is 0 e. The molecule has 0 aromatic carbocycles. The molecule has 0 heterocycles. The fraction of sp³-hybridized carbons (Fsp3) is 1.00. The van der Waals surface area contributed by atoms with E-state index in [1.165, 1.54) is 38.0 Å². The van der Waals surface area contributed by atoms with E-state index in [4.69, 9.17) is 0 Å². The van der Waals surface area contributed by atoms with Gasteiger partial charge in [-0.15, -0.1) is 0 Å². The minimum atomic E-state index is -1.42. The van der Waals surface area contributed by atoms with E-state index in [9.17, 15) is 0 Å². The Morgan fingerprint density at radius 1 is 0.343 bits per heavy atom. The largest absolute Gasteiger partial charge is 0 e. The molecule has 0 aliphatic rings. The smallest absolute Gasteiger partial charge is 0 e. The Hall–Kier alpha value is 1.52. The molecule has 0 aromatic rings. The van der Waals surface area contributed by atoms with Crippen LogP contribution in [0.15, 0.2) is 0 Å². The van der Waals surface area contributed by atoms with Gasteiger partial charge >= 0.3 is 222 Å². The molecule has 0 radical (unpaired) electrons. The Kier molecular flexibility index (Phi) is 16.1. The van der Waals surface area contributed by atoms with Crippen LogP contribution in [0.4, 0.5) is 0 Å². The molecule has 0 bridgehead atoms. The third-order valence-electron chi connectivity index (χ3n) is 9.49. The first-order valence-corrected chi connectivity index (χ1v) is 19.0. The summed E-state index contributed by atoms with van der Waals surface area (Å²) in [7, 11) is -2.84. The van der Waals surface area contributed by atoms with Crippen LogP contribution in [-0.2, 0) is 20.4 Å². The summed E-state index contributed by atoms with van der Waals surface area (Å²) >= 11 is 0. The second-order valence-corrected chi connectivity index (χ2v) is 31.1. The molecule has 0 nitrogen and oxygen atoms in total. The first kappa shape index (κ1) is 41.0. The van der Waals surface area contributed by atoms with Crippen molar-refractivity contribution in [1.29, 1.82) is 0 Å². The Bertz CT molecular complexity index is 452. The molecule has 0 atom stereocenters. The van der Waals surface area contributed by atoms with Crippen LogP contribution in [0.3, 0.4) is 0 Å². The molecule has 0 fully saturated rings. The fourth-order valence-electron chi connectivity index (χ4n) is 9.88. The summed E-state index contributed by atoms with van der Waals surface area (Å²) < 4.78 is 0. The molecule has 222 valence electrons. The van der Waals surface area contributed by atoms with Gasteiger partial charge in [0.25, 0.3) is 0 Å². The van der Waals surface area contributed by atoms with E-state index in [0.717, 1.165) is 0 Å². The summed E-state index contributed by atoms with van der Waals surface area (Å²) in [6, 6.07) is 0. The van der Waals surface area contributed by atoms with Crippen molar-refractivity contribution >= 4 is 14.5 Å². The van der Waals surface area contributed by atoms with Crippen molar-refractivity contribution in [3.63, 3.8) is 0 Å². The average Bonchev–Trinajstić information content (AvgIpc) is 2.48. The van der Waals surface area contributed by atoms with E-state index in [1.54, 1.807) is 0 Å². The van der Waals surface area contributed by atoms with Crippen LogP contribution in [-0.4, -0.2) is 43.3 Å². The summed E-state index contributed by atoms with van der Waals surface area (Å²) in [5.74, 6) is 0. The number of hydrogen-bond acceptors (Lipinski definition) is 0. The van der Waals surface area contributed by atoms with E-state index in [-0.39, 0.29) is 20.4 Å². The molecule has 0 amide bonds. The van der Waals surface area contributed by atoms with Crippen molar-refractivity contribution in [2.45, 2.75) is 195 Å². The molecule has 0 N–H and O–H groups in total. The molecular weight excluding hydrogens is 553 g/mol. The van der Waals surface area contributed by atoms with Gasteiger partial charge in [0.05, 0.1) is 0 Å². The molecule has 0 unspecified atom stereocenters. The normalized spacial score (nSPS) is 15.7. The molecule has 0 saturated heterocycles. The zero-order chi connectivity index (χ0) is 28.2. The van der Waals surface area contributed by atoms with Gasteiger partial charge in [0.2, 0.25) is 0 Å². The van der Waals surface area contributed by atoms with Crippen molar-refractivity contribution < 1.29 is 20.4 Å². The van der Waals surface area contributed by atoms with Gasteiger partial charge in [-0.1, -0.05) is 0 Å². The maximum atomic E-state index is 2.49. The quantitative estimate of drug-likeness (QED) is 0.203. The summed E-state index contributed by atoms with van der Waals surface area (Å²) in [6.45, 7) is 49.5. The van der Waals surface area contributed by atoms with Crippen LogP contribution < -0.4 is 0 Å². The van der Waals surface area contributed by atoms with Crippen molar-refractivity contribution in [3.8, 4) is 0 Å². The molecular formula is C32H74P2Pd. The van der Waals surface area contributed by atoms with Gasteiger partial charge < -0.3 is 0 Å². The maximum Gasteiger partial charge on any atom is 0 e. The Morgan fingerprint density at radius 3 is 0.571 bits per heavy atom. The van der Waals surface area contributed by atoms with Crippen LogP contribution in [0, 0.1) is 0 Å². The Balaban J connectivity index is -0.000000569. The zero-order valence-electron chi connectivity index (χ0n) is 28.6. The third-order valence-corrected chi connectivity index (χ3v) is 27.1. The van der Waals surface area contributed by atoms with Gasteiger partial charge in [-0.2, -0.15) is 0 Å². The molecule has 0 rings (SSSR count). The predicted molar refractivity (Wildman–Crippen MR) is 175 cm³/mol. The van der Waals surface area contributed by atoms with Crippen molar-refractivity contribution in [1.82, 2.24) is 0 Å². The van der Waals surface area contributed by atoms with Gasteiger partial charge in [-0.05, 0) is 0 Å². The number of unbranched alkanes of at least 4 members (excludes halogenated alkanes) is 2. The maximum absolute atomic E-state index is 2.49. The molecule has 3 heteroatoms. The summed E-state index contributed by atoms with van der Waals surface area (Å²) in [6.07, 6.45) is 8.41. The van der Waals surface area contributed by atoms with E-state index in [0.29, 0.717) is 30.9 Å². The number of hydrogen-bond donors (Lipinski definition) is 0. The standard InChI is InChI=1S/2C16H37P.Pd/c2*1-11-12-13-17(14(2,3)4,15(5,6)7)16(8,9)10;/h2*17H,11-13H2,1-10H3;. The fourth-order valence-corrected chi connectivity index (χ4v) is 29.7. The van der Waals surface area contributed by atoms with Crippen LogP contribution >= 0.6 is 14.5 Å². The zero-order valence-corrected chi connectivity index (χ0v) is 32.1.